The first-order chi connectivity index (χ1) is 20.0. The van der Waals surface area contributed by atoms with Gasteiger partial charge in [-0.25, -0.2) is 4.79 Å². The van der Waals surface area contributed by atoms with Gasteiger partial charge >= 0.3 is 17.9 Å². The summed E-state index contributed by atoms with van der Waals surface area (Å²) >= 11 is 0. The lowest BCUT2D eigenvalue weighted by atomic mass is 9.32. The van der Waals surface area contributed by atoms with Crippen LogP contribution in [0.1, 0.15) is 120 Å². The monoisotopic (exact) mass is 597 g/mol. The van der Waals surface area contributed by atoms with Gasteiger partial charge in [0.1, 0.15) is 6.61 Å². The van der Waals surface area contributed by atoms with Crippen LogP contribution in [0.2, 0.25) is 0 Å². The van der Waals surface area contributed by atoms with Crippen molar-refractivity contribution >= 4 is 23.6 Å². The van der Waals surface area contributed by atoms with E-state index in [0.717, 1.165) is 57.1 Å². The molecule has 5 saturated carbocycles. The van der Waals surface area contributed by atoms with Crippen molar-refractivity contribution < 1.29 is 28.7 Å². The van der Waals surface area contributed by atoms with Crippen LogP contribution in [0.25, 0.3) is 0 Å². The van der Waals surface area contributed by atoms with E-state index in [2.05, 4.69) is 46.4 Å². The Bertz CT molecular complexity index is 1210. The molecule has 0 aliphatic heterocycles. The average Bonchev–Trinajstić information content (AvgIpc) is 3.31. The van der Waals surface area contributed by atoms with Gasteiger partial charge in [0.25, 0.3) is 0 Å². The Labute approximate surface area is 258 Å². The number of ether oxygens (including phenoxy) is 2. The first kappa shape index (κ1) is 32.2. The van der Waals surface area contributed by atoms with Gasteiger partial charge in [0, 0.05) is 31.6 Å². The maximum absolute atomic E-state index is 12.0. The number of esters is 2. The van der Waals surface area contributed by atoms with Crippen LogP contribution in [0.4, 0.5) is 0 Å². The molecule has 0 aromatic carbocycles. The van der Waals surface area contributed by atoms with Crippen LogP contribution in [0.5, 0.6) is 0 Å². The number of oxime groups is 1. The fraction of sp³-hybridized carbons (Fsp3) is 0.833. The van der Waals surface area contributed by atoms with E-state index < -0.39 is 11.4 Å². The van der Waals surface area contributed by atoms with E-state index in [1.807, 2.05) is 0 Å². The summed E-state index contributed by atoms with van der Waals surface area (Å²) in [7, 11) is 0. The summed E-state index contributed by atoms with van der Waals surface area (Å²) in [6.07, 6.45) is 10.7. The standard InChI is InChI=1S/C36H55NO6/c1-22(2)26-12-17-36(21-42-24(4)39)19-18-34(8)27(31(26)36)10-11-29-32(6)15-14-30(37-43-25(5)40)33(7,20-41-23(3)38)28(32)13-16-35(29,34)9/h26-29,31H,1,10-21H2,2-9H3/b37-30-/t26-,27+,28+,29+,31+,32-,33-,34+,35+,36+/m0/s1. The summed E-state index contributed by atoms with van der Waals surface area (Å²) < 4.78 is 11.5. The molecule has 0 N–H and O–H groups in total. The van der Waals surface area contributed by atoms with Gasteiger partial charge in [-0.2, -0.15) is 0 Å². The Morgan fingerprint density at radius 2 is 1.44 bits per heavy atom. The number of hydrogen-bond acceptors (Lipinski definition) is 7. The van der Waals surface area contributed by atoms with Gasteiger partial charge in [0.2, 0.25) is 0 Å². The molecule has 0 unspecified atom stereocenters. The molecule has 7 heteroatoms. The Morgan fingerprint density at radius 1 is 0.767 bits per heavy atom. The zero-order valence-corrected chi connectivity index (χ0v) is 28.0. The highest BCUT2D eigenvalue weighted by Gasteiger charge is 2.71. The molecule has 10 atom stereocenters. The van der Waals surface area contributed by atoms with Gasteiger partial charge in [-0.3, -0.25) is 9.59 Å². The van der Waals surface area contributed by atoms with Crippen molar-refractivity contribution in [3.63, 3.8) is 0 Å². The molecule has 5 aliphatic rings. The van der Waals surface area contributed by atoms with Crippen molar-refractivity contribution in [1.82, 2.24) is 0 Å². The number of allylic oxidation sites excluding steroid dienone is 1. The molecule has 5 fully saturated rings. The molecule has 5 rings (SSSR count). The van der Waals surface area contributed by atoms with Crippen molar-refractivity contribution in [3.05, 3.63) is 12.2 Å². The molecule has 43 heavy (non-hydrogen) atoms. The van der Waals surface area contributed by atoms with E-state index in [1.165, 1.54) is 39.2 Å². The van der Waals surface area contributed by atoms with E-state index >= 15 is 0 Å². The van der Waals surface area contributed by atoms with Crippen LogP contribution in [0.15, 0.2) is 17.3 Å². The third kappa shape index (κ3) is 4.90. The first-order valence-corrected chi connectivity index (χ1v) is 16.7. The molecule has 0 amide bonds. The number of carbonyl (C=O) groups is 3. The molecule has 0 radical (unpaired) electrons. The largest absolute Gasteiger partial charge is 0.465 e. The molecule has 0 aromatic rings. The van der Waals surface area contributed by atoms with Crippen LogP contribution in [0, 0.1) is 56.7 Å². The minimum absolute atomic E-state index is 0.0425. The lowest BCUT2D eigenvalue weighted by molar-refractivity contribution is -0.234. The summed E-state index contributed by atoms with van der Waals surface area (Å²) in [5.41, 5.74) is 2.07. The molecular formula is C36H55NO6. The number of hydrogen-bond donors (Lipinski definition) is 0. The van der Waals surface area contributed by atoms with Crippen molar-refractivity contribution in [2.45, 2.75) is 120 Å². The Morgan fingerprint density at radius 3 is 2.07 bits per heavy atom. The molecule has 5 aliphatic carbocycles. The number of fused-ring (bicyclic) bond motifs is 7. The van der Waals surface area contributed by atoms with Gasteiger partial charge in [0.05, 0.1) is 12.3 Å². The summed E-state index contributed by atoms with van der Waals surface area (Å²) in [6.45, 7) is 21.7. The Kier molecular flexibility index (Phi) is 8.25. The van der Waals surface area contributed by atoms with Crippen molar-refractivity contribution in [2.24, 2.45) is 61.8 Å². The average molecular weight is 598 g/mol. The zero-order valence-electron chi connectivity index (χ0n) is 28.0. The molecular weight excluding hydrogens is 542 g/mol. The molecule has 0 bridgehead atoms. The molecule has 240 valence electrons. The van der Waals surface area contributed by atoms with Crippen molar-refractivity contribution in [3.8, 4) is 0 Å². The number of nitrogens with zero attached hydrogens (tertiary/aromatic N) is 1. The highest BCUT2D eigenvalue weighted by Crippen LogP contribution is 2.77. The SMILES string of the molecule is C=C(C)[C@@H]1CC[C@]2(COC(C)=O)CC[C@]3(C)[C@H](CC[C@@H]4[C@@]5(C)CC/C(=N/OC(C)=O)[C@@](C)(COC(C)=O)[C@@H]5CC[C@]43C)[C@@H]12. The maximum Gasteiger partial charge on any atom is 0.331 e. The van der Waals surface area contributed by atoms with Crippen LogP contribution in [-0.2, 0) is 28.7 Å². The smallest absolute Gasteiger partial charge is 0.331 e. The van der Waals surface area contributed by atoms with E-state index in [-0.39, 0.29) is 46.1 Å². The minimum atomic E-state index is -0.491. The lowest BCUT2D eigenvalue weighted by Gasteiger charge is -2.72. The third-order valence-electron chi connectivity index (χ3n) is 14.3. The van der Waals surface area contributed by atoms with Gasteiger partial charge in [-0.1, -0.05) is 45.0 Å². The fourth-order valence-corrected chi connectivity index (χ4v) is 12.1. The Balaban J connectivity index is 1.51. The van der Waals surface area contributed by atoms with E-state index in [1.54, 1.807) is 0 Å². The molecule has 0 aromatic heterocycles. The van der Waals surface area contributed by atoms with Crippen LogP contribution >= 0.6 is 0 Å². The summed E-state index contributed by atoms with van der Waals surface area (Å²) in [6, 6.07) is 0. The second-order valence-corrected chi connectivity index (χ2v) is 16.1. The van der Waals surface area contributed by atoms with Gasteiger partial charge in [-0.15, -0.1) is 0 Å². The predicted octanol–water partition coefficient (Wildman–Crippen LogP) is 7.67. The first-order valence-electron chi connectivity index (χ1n) is 16.7. The fourth-order valence-electron chi connectivity index (χ4n) is 12.1. The molecule has 0 spiro atoms. The Hall–Kier alpha value is -2.18. The van der Waals surface area contributed by atoms with E-state index in [4.69, 9.17) is 14.3 Å². The predicted molar refractivity (Wildman–Crippen MR) is 166 cm³/mol. The third-order valence-corrected chi connectivity index (χ3v) is 14.3. The quantitative estimate of drug-likeness (QED) is 0.135. The van der Waals surface area contributed by atoms with Gasteiger partial charge in [0.15, 0.2) is 0 Å². The zero-order chi connectivity index (χ0) is 31.6. The highest BCUT2D eigenvalue weighted by atomic mass is 16.7. The second-order valence-electron chi connectivity index (χ2n) is 16.1. The normalized spacial score (nSPS) is 46.0. The summed E-state index contributed by atoms with van der Waals surface area (Å²) in [4.78, 5) is 40.9. The molecule has 0 heterocycles. The summed E-state index contributed by atoms with van der Waals surface area (Å²) in [5.74, 6) is 1.44. The van der Waals surface area contributed by atoms with Crippen LogP contribution in [0.3, 0.4) is 0 Å². The molecule has 7 nitrogen and oxygen atoms in total. The van der Waals surface area contributed by atoms with Crippen molar-refractivity contribution in [2.75, 3.05) is 13.2 Å². The van der Waals surface area contributed by atoms with Gasteiger partial charge < -0.3 is 14.3 Å². The molecule has 0 saturated heterocycles. The lowest BCUT2D eigenvalue weighted by Crippen LogP contribution is -2.67. The maximum atomic E-state index is 12.0. The van der Waals surface area contributed by atoms with Crippen molar-refractivity contribution in [1.29, 1.82) is 0 Å². The highest BCUT2D eigenvalue weighted by molar-refractivity contribution is 5.91. The van der Waals surface area contributed by atoms with E-state index in [9.17, 15) is 14.4 Å². The number of rotatable bonds is 6. The number of carbonyl (C=O) groups excluding carboxylic acids is 3. The second kappa shape index (κ2) is 11.0. The topological polar surface area (TPSA) is 91.3 Å². The van der Waals surface area contributed by atoms with E-state index in [0.29, 0.717) is 30.3 Å². The van der Waals surface area contributed by atoms with Gasteiger partial charge in [-0.05, 0) is 117 Å². The van der Waals surface area contributed by atoms with Crippen LogP contribution in [-0.4, -0.2) is 36.8 Å². The summed E-state index contributed by atoms with van der Waals surface area (Å²) in [5, 5.41) is 4.37. The van der Waals surface area contributed by atoms with Crippen LogP contribution < -0.4 is 0 Å². The minimum Gasteiger partial charge on any atom is -0.465 e.